The molecule has 0 unspecified atom stereocenters. The molecule has 0 radical (unpaired) electrons. The molecule has 0 atom stereocenters. The number of nitrogens with two attached hydrogens (primary N) is 1. The van der Waals surface area contributed by atoms with Crippen LogP contribution in [0.15, 0.2) is 28.6 Å². The van der Waals surface area contributed by atoms with Gasteiger partial charge in [-0.25, -0.2) is 0 Å². The highest BCUT2D eigenvalue weighted by Gasteiger charge is 2.02. The number of ether oxygens (including phenoxy) is 1. The zero-order valence-electron chi connectivity index (χ0n) is 9.51. The Labute approximate surface area is 119 Å². The van der Waals surface area contributed by atoms with Crippen LogP contribution in [-0.4, -0.2) is 22.6 Å². The monoisotopic (exact) mass is 301 g/mol. The molecule has 4 nitrogen and oxygen atoms in total. The predicted octanol–water partition coefficient (Wildman–Crippen LogP) is 3.33. The summed E-state index contributed by atoms with van der Waals surface area (Å²) >= 11 is 9.01. The molecule has 1 aromatic carbocycles. The van der Waals surface area contributed by atoms with Crippen molar-refractivity contribution >= 4 is 39.8 Å². The van der Waals surface area contributed by atoms with E-state index in [9.17, 15) is 0 Å². The minimum atomic E-state index is 0.504. The van der Waals surface area contributed by atoms with Crippen LogP contribution in [0.5, 0.6) is 5.75 Å². The van der Waals surface area contributed by atoms with Gasteiger partial charge in [0.25, 0.3) is 0 Å². The summed E-state index contributed by atoms with van der Waals surface area (Å²) < 4.78 is 6.47. The number of hydrogen-bond donors (Lipinski definition) is 1. The van der Waals surface area contributed by atoms with Gasteiger partial charge in [-0.2, -0.15) is 0 Å². The molecule has 0 aliphatic carbocycles. The van der Waals surface area contributed by atoms with Crippen LogP contribution in [-0.2, 0) is 0 Å². The number of hydrogen-bond acceptors (Lipinski definition) is 6. The molecule has 0 saturated carbocycles. The molecule has 0 amide bonds. The third-order valence-electron chi connectivity index (χ3n) is 2.03. The molecule has 1 heterocycles. The SMILES string of the molecule is Nc1nnc(SCCCOc2ccccc2Cl)s1. The number of anilines is 1. The van der Waals surface area contributed by atoms with E-state index in [4.69, 9.17) is 22.1 Å². The van der Waals surface area contributed by atoms with Gasteiger partial charge in [0.15, 0.2) is 4.34 Å². The van der Waals surface area contributed by atoms with E-state index in [2.05, 4.69) is 10.2 Å². The first-order chi connectivity index (χ1) is 8.75. The lowest BCUT2D eigenvalue weighted by Crippen LogP contribution is -1.98. The van der Waals surface area contributed by atoms with Gasteiger partial charge in [0.1, 0.15) is 5.75 Å². The third kappa shape index (κ3) is 4.04. The highest BCUT2D eigenvalue weighted by atomic mass is 35.5. The summed E-state index contributed by atoms with van der Waals surface area (Å²) in [6.07, 6.45) is 0.912. The number of thioether (sulfide) groups is 1. The van der Waals surface area contributed by atoms with Crippen LogP contribution in [0.2, 0.25) is 5.02 Å². The first-order valence-corrected chi connectivity index (χ1v) is 7.53. The second-order valence-corrected chi connectivity index (χ2v) is 6.15. The molecule has 96 valence electrons. The Hall–Kier alpha value is -0.980. The number of aromatic nitrogens is 2. The largest absolute Gasteiger partial charge is 0.492 e. The maximum Gasteiger partial charge on any atom is 0.203 e. The van der Waals surface area contributed by atoms with Gasteiger partial charge >= 0.3 is 0 Å². The van der Waals surface area contributed by atoms with E-state index in [1.807, 2.05) is 24.3 Å². The van der Waals surface area contributed by atoms with Gasteiger partial charge in [0, 0.05) is 5.75 Å². The second-order valence-electron chi connectivity index (χ2n) is 3.39. The molecule has 7 heteroatoms. The maximum absolute atomic E-state index is 5.97. The fourth-order valence-corrected chi connectivity index (χ4v) is 3.05. The minimum absolute atomic E-state index is 0.504. The van der Waals surface area contributed by atoms with Crippen molar-refractivity contribution in [2.75, 3.05) is 18.1 Å². The second kappa shape index (κ2) is 6.82. The summed E-state index contributed by atoms with van der Waals surface area (Å²) in [4.78, 5) is 0. The molecule has 0 saturated heterocycles. The Kier molecular flexibility index (Phi) is 5.10. The predicted molar refractivity (Wildman–Crippen MR) is 76.6 cm³/mol. The summed E-state index contributed by atoms with van der Waals surface area (Å²) in [6.45, 7) is 0.630. The van der Waals surface area contributed by atoms with Crippen molar-refractivity contribution in [2.45, 2.75) is 10.8 Å². The van der Waals surface area contributed by atoms with Crippen LogP contribution in [0.25, 0.3) is 0 Å². The number of halogens is 1. The zero-order valence-corrected chi connectivity index (χ0v) is 11.9. The van der Waals surface area contributed by atoms with Crippen LogP contribution in [0, 0.1) is 0 Å². The van der Waals surface area contributed by atoms with Gasteiger partial charge < -0.3 is 10.5 Å². The van der Waals surface area contributed by atoms with Crippen molar-refractivity contribution in [3.63, 3.8) is 0 Å². The molecule has 2 aromatic rings. The number of benzene rings is 1. The molecule has 18 heavy (non-hydrogen) atoms. The number of nitrogen functional groups attached to an aromatic ring is 1. The van der Waals surface area contributed by atoms with E-state index in [1.54, 1.807) is 11.8 Å². The van der Waals surface area contributed by atoms with E-state index >= 15 is 0 Å². The van der Waals surface area contributed by atoms with Crippen LogP contribution >= 0.6 is 34.7 Å². The Balaban J connectivity index is 1.66. The molecule has 0 bridgehead atoms. The normalized spacial score (nSPS) is 10.5. The molecule has 0 aliphatic heterocycles. The average Bonchev–Trinajstić information content (AvgIpc) is 2.77. The molecule has 2 rings (SSSR count). The van der Waals surface area contributed by atoms with E-state index < -0.39 is 0 Å². The highest BCUT2D eigenvalue weighted by Crippen LogP contribution is 2.25. The first kappa shape index (κ1) is 13.5. The third-order valence-corrected chi connectivity index (χ3v) is 4.31. The van der Waals surface area contributed by atoms with Gasteiger partial charge in [0.2, 0.25) is 5.13 Å². The quantitative estimate of drug-likeness (QED) is 0.655. The molecule has 1 aromatic heterocycles. The van der Waals surface area contributed by atoms with Crippen LogP contribution in [0.3, 0.4) is 0 Å². The zero-order chi connectivity index (χ0) is 12.8. The Morgan fingerprint density at radius 1 is 1.33 bits per heavy atom. The Morgan fingerprint density at radius 3 is 2.89 bits per heavy atom. The topological polar surface area (TPSA) is 61.0 Å². The standard InChI is InChI=1S/C11H12ClN3OS2/c12-8-4-1-2-5-9(8)16-6-3-7-17-11-15-14-10(13)18-11/h1-2,4-5H,3,6-7H2,(H2,13,14). The van der Waals surface area contributed by atoms with Crippen molar-refractivity contribution in [3.8, 4) is 5.75 Å². The Bertz CT molecular complexity index is 507. The summed E-state index contributed by atoms with van der Waals surface area (Å²) in [5.74, 6) is 1.64. The number of nitrogens with zero attached hydrogens (tertiary/aromatic N) is 2. The molecule has 2 N–H and O–H groups in total. The molecular weight excluding hydrogens is 290 g/mol. The van der Waals surface area contributed by atoms with Crippen molar-refractivity contribution in [3.05, 3.63) is 29.3 Å². The van der Waals surface area contributed by atoms with Crippen molar-refractivity contribution in [2.24, 2.45) is 0 Å². The first-order valence-electron chi connectivity index (χ1n) is 5.35. The van der Waals surface area contributed by atoms with Gasteiger partial charge in [-0.15, -0.1) is 10.2 Å². The van der Waals surface area contributed by atoms with Gasteiger partial charge in [-0.1, -0.05) is 46.8 Å². The fourth-order valence-electron chi connectivity index (χ4n) is 1.24. The lowest BCUT2D eigenvalue weighted by Gasteiger charge is -2.06. The maximum atomic E-state index is 5.97. The van der Waals surface area contributed by atoms with Gasteiger partial charge in [-0.05, 0) is 18.6 Å². The smallest absolute Gasteiger partial charge is 0.203 e. The summed E-state index contributed by atoms with van der Waals surface area (Å²) in [5.41, 5.74) is 5.49. The van der Waals surface area contributed by atoms with Crippen LogP contribution < -0.4 is 10.5 Å². The van der Waals surface area contributed by atoms with Crippen LogP contribution in [0.4, 0.5) is 5.13 Å². The van der Waals surface area contributed by atoms with E-state index in [1.165, 1.54) is 11.3 Å². The average molecular weight is 302 g/mol. The number of para-hydroxylation sites is 1. The fraction of sp³-hybridized carbons (Fsp3) is 0.273. The van der Waals surface area contributed by atoms with Gasteiger partial charge in [-0.3, -0.25) is 0 Å². The number of rotatable bonds is 6. The molecule has 0 aliphatic rings. The lowest BCUT2D eigenvalue weighted by atomic mass is 10.3. The minimum Gasteiger partial charge on any atom is -0.492 e. The Morgan fingerprint density at radius 2 is 2.17 bits per heavy atom. The summed E-state index contributed by atoms with van der Waals surface area (Å²) in [7, 11) is 0. The highest BCUT2D eigenvalue weighted by molar-refractivity contribution is 8.01. The van der Waals surface area contributed by atoms with E-state index in [0.717, 1.165) is 22.3 Å². The molecular formula is C11H12ClN3OS2. The van der Waals surface area contributed by atoms with E-state index in [-0.39, 0.29) is 0 Å². The molecule has 0 fully saturated rings. The van der Waals surface area contributed by atoms with Crippen LogP contribution in [0.1, 0.15) is 6.42 Å². The molecule has 0 spiro atoms. The summed E-state index contributed by atoms with van der Waals surface area (Å²) in [6, 6.07) is 7.46. The lowest BCUT2D eigenvalue weighted by molar-refractivity contribution is 0.319. The van der Waals surface area contributed by atoms with Crippen molar-refractivity contribution < 1.29 is 4.74 Å². The van der Waals surface area contributed by atoms with Crippen molar-refractivity contribution in [1.29, 1.82) is 0 Å². The van der Waals surface area contributed by atoms with E-state index in [0.29, 0.717) is 16.8 Å². The van der Waals surface area contributed by atoms with Crippen molar-refractivity contribution in [1.82, 2.24) is 10.2 Å². The van der Waals surface area contributed by atoms with Gasteiger partial charge in [0.05, 0.1) is 11.6 Å². The summed E-state index contributed by atoms with van der Waals surface area (Å²) in [5, 5.41) is 8.83.